The Labute approximate surface area is 152 Å². The average molecular weight is 356 g/mol. The highest BCUT2D eigenvalue weighted by molar-refractivity contribution is 5.96. The van der Waals surface area contributed by atoms with Crippen molar-refractivity contribution in [3.05, 3.63) is 41.6 Å². The van der Waals surface area contributed by atoms with Gasteiger partial charge in [0, 0.05) is 37.8 Å². The summed E-state index contributed by atoms with van der Waals surface area (Å²) in [5.41, 5.74) is 2.16. The summed E-state index contributed by atoms with van der Waals surface area (Å²) in [6, 6.07) is 8.75. The molecule has 1 aliphatic heterocycles. The summed E-state index contributed by atoms with van der Waals surface area (Å²) in [5, 5.41) is 6.54. The molecule has 2 aromatic rings. The maximum Gasteiger partial charge on any atom is 0.274 e. The van der Waals surface area contributed by atoms with Crippen molar-refractivity contribution < 1.29 is 14.1 Å². The van der Waals surface area contributed by atoms with Crippen LogP contribution >= 0.6 is 0 Å². The molecule has 1 fully saturated rings. The number of benzene rings is 1. The molecule has 1 N–H and O–H groups in total. The number of hydrogen-bond donors (Lipinski definition) is 1. The Morgan fingerprint density at radius 2 is 1.81 bits per heavy atom. The molecule has 0 spiro atoms. The fourth-order valence-corrected chi connectivity index (χ4v) is 2.87. The molecule has 3 rings (SSSR count). The predicted molar refractivity (Wildman–Crippen MR) is 97.7 cm³/mol. The highest BCUT2D eigenvalue weighted by Gasteiger charge is 2.26. The van der Waals surface area contributed by atoms with E-state index >= 15 is 0 Å². The summed E-state index contributed by atoms with van der Waals surface area (Å²) in [6.07, 6.45) is 0. The van der Waals surface area contributed by atoms with E-state index in [1.165, 1.54) is 0 Å². The normalized spacial score (nSPS) is 16.3. The predicted octanol–water partition coefficient (Wildman–Crippen LogP) is 1.54. The third-order valence-corrected chi connectivity index (χ3v) is 4.61. The summed E-state index contributed by atoms with van der Waals surface area (Å²) in [6.45, 7) is 6.74. The highest BCUT2D eigenvalue weighted by Crippen LogP contribution is 2.20. The molecule has 1 aromatic heterocycles. The number of aryl methyl sites for hydroxylation is 1. The lowest BCUT2D eigenvalue weighted by Crippen LogP contribution is -2.53. The third kappa shape index (κ3) is 4.11. The molecule has 1 saturated heterocycles. The van der Waals surface area contributed by atoms with Crippen molar-refractivity contribution in [2.75, 3.05) is 33.2 Å². The van der Waals surface area contributed by atoms with Crippen LogP contribution in [0.2, 0.25) is 0 Å². The van der Waals surface area contributed by atoms with E-state index in [0.29, 0.717) is 18.8 Å². The van der Waals surface area contributed by atoms with Gasteiger partial charge in [-0.15, -0.1) is 0 Å². The highest BCUT2D eigenvalue weighted by atomic mass is 16.5. The number of rotatable bonds is 4. The SMILES string of the molecule is Cc1ccc(-c2cc(C(=O)N[C@@H](C)C(=O)N3CCN(C)CC3)no2)cc1. The molecule has 7 heteroatoms. The first-order valence-corrected chi connectivity index (χ1v) is 8.76. The Kier molecular flexibility index (Phi) is 5.37. The van der Waals surface area contributed by atoms with Crippen molar-refractivity contribution in [1.29, 1.82) is 0 Å². The second kappa shape index (κ2) is 7.70. The Hall–Kier alpha value is -2.67. The van der Waals surface area contributed by atoms with Crippen molar-refractivity contribution >= 4 is 11.8 Å². The quantitative estimate of drug-likeness (QED) is 0.899. The number of amides is 2. The summed E-state index contributed by atoms with van der Waals surface area (Å²) in [4.78, 5) is 28.8. The molecular formula is C19H24N4O3. The van der Waals surface area contributed by atoms with Gasteiger partial charge in [-0.1, -0.05) is 35.0 Å². The monoisotopic (exact) mass is 356 g/mol. The zero-order valence-electron chi connectivity index (χ0n) is 15.4. The van der Waals surface area contributed by atoms with E-state index in [0.717, 1.165) is 24.2 Å². The second-order valence-corrected chi connectivity index (χ2v) is 6.77. The molecule has 1 aromatic carbocycles. The van der Waals surface area contributed by atoms with Crippen molar-refractivity contribution in [3.8, 4) is 11.3 Å². The molecule has 0 aliphatic carbocycles. The van der Waals surface area contributed by atoms with Crippen LogP contribution < -0.4 is 5.32 Å². The van der Waals surface area contributed by atoms with Gasteiger partial charge >= 0.3 is 0 Å². The topological polar surface area (TPSA) is 78.7 Å². The number of hydrogen-bond acceptors (Lipinski definition) is 5. The number of nitrogens with one attached hydrogen (secondary N) is 1. The van der Waals surface area contributed by atoms with E-state index in [1.807, 2.05) is 38.2 Å². The molecule has 26 heavy (non-hydrogen) atoms. The van der Waals surface area contributed by atoms with E-state index in [2.05, 4.69) is 15.4 Å². The lowest BCUT2D eigenvalue weighted by Gasteiger charge is -2.34. The molecule has 2 heterocycles. The van der Waals surface area contributed by atoms with Gasteiger partial charge in [0.25, 0.3) is 5.91 Å². The molecule has 1 aliphatic rings. The van der Waals surface area contributed by atoms with Gasteiger partial charge in [0.1, 0.15) is 6.04 Å². The minimum absolute atomic E-state index is 0.0753. The first kappa shape index (κ1) is 18.1. The van der Waals surface area contributed by atoms with Crippen LogP contribution in [0.15, 0.2) is 34.9 Å². The first-order chi connectivity index (χ1) is 12.4. The zero-order valence-corrected chi connectivity index (χ0v) is 15.4. The van der Waals surface area contributed by atoms with Crippen LogP contribution in [0, 0.1) is 6.92 Å². The molecule has 0 saturated carbocycles. The molecule has 0 radical (unpaired) electrons. The van der Waals surface area contributed by atoms with Crippen LogP contribution in [0.5, 0.6) is 0 Å². The Bertz CT molecular complexity index is 776. The number of carbonyl (C=O) groups is 2. The molecule has 2 amide bonds. The second-order valence-electron chi connectivity index (χ2n) is 6.77. The molecule has 0 bridgehead atoms. The summed E-state index contributed by atoms with van der Waals surface area (Å²) in [5.74, 6) is 0.0315. The number of nitrogens with zero attached hydrogens (tertiary/aromatic N) is 3. The molecule has 1 atom stereocenters. The van der Waals surface area contributed by atoms with Crippen LogP contribution in [-0.2, 0) is 4.79 Å². The fraction of sp³-hybridized carbons (Fsp3) is 0.421. The van der Waals surface area contributed by atoms with Crippen molar-refractivity contribution in [2.24, 2.45) is 0 Å². The lowest BCUT2D eigenvalue weighted by molar-refractivity contribution is -0.134. The van der Waals surface area contributed by atoms with E-state index in [-0.39, 0.29) is 11.6 Å². The van der Waals surface area contributed by atoms with E-state index in [1.54, 1.807) is 17.9 Å². The first-order valence-electron chi connectivity index (χ1n) is 8.76. The number of piperazine rings is 1. The zero-order chi connectivity index (χ0) is 18.7. The minimum atomic E-state index is -0.606. The lowest BCUT2D eigenvalue weighted by atomic mass is 10.1. The van der Waals surface area contributed by atoms with Gasteiger partial charge in [-0.3, -0.25) is 9.59 Å². The maximum atomic E-state index is 12.5. The van der Waals surface area contributed by atoms with Crippen LogP contribution in [-0.4, -0.2) is 66.0 Å². The van der Waals surface area contributed by atoms with Gasteiger partial charge in [0.15, 0.2) is 11.5 Å². The van der Waals surface area contributed by atoms with E-state index in [4.69, 9.17) is 4.52 Å². The van der Waals surface area contributed by atoms with Gasteiger partial charge in [0.2, 0.25) is 5.91 Å². The summed E-state index contributed by atoms with van der Waals surface area (Å²) >= 11 is 0. The average Bonchev–Trinajstić information content (AvgIpc) is 3.12. The molecule has 7 nitrogen and oxygen atoms in total. The summed E-state index contributed by atoms with van der Waals surface area (Å²) in [7, 11) is 2.03. The van der Waals surface area contributed by atoms with Gasteiger partial charge in [-0.2, -0.15) is 0 Å². The number of aromatic nitrogens is 1. The smallest absolute Gasteiger partial charge is 0.274 e. The van der Waals surface area contributed by atoms with E-state index in [9.17, 15) is 9.59 Å². The van der Waals surface area contributed by atoms with Gasteiger partial charge < -0.3 is 19.6 Å². The van der Waals surface area contributed by atoms with Crippen LogP contribution in [0.3, 0.4) is 0 Å². The molecule has 0 unspecified atom stereocenters. The van der Waals surface area contributed by atoms with Crippen molar-refractivity contribution in [1.82, 2.24) is 20.3 Å². The number of likely N-dealkylation sites (N-methyl/N-ethyl adjacent to an activating group) is 1. The Morgan fingerprint density at radius 3 is 2.46 bits per heavy atom. The minimum Gasteiger partial charge on any atom is -0.355 e. The largest absolute Gasteiger partial charge is 0.355 e. The van der Waals surface area contributed by atoms with Gasteiger partial charge in [-0.05, 0) is 20.9 Å². The third-order valence-electron chi connectivity index (χ3n) is 4.61. The molecular weight excluding hydrogens is 332 g/mol. The molecule has 138 valence electrons. The van der Waals surface area contributed by atoms with Gasteiger partial charge in [-0.25, -0.2) is 0 Å². The van der Waals surface area contributed by atoms with Crippen molar-refractivity contribution in [2.45, 2.75) is 19.9 Å². The van der Waals surface area contributed by atoms with Crippen LogP contribution in [0.25, 0.3) is 11.3 Å². The van der Waals surface area contributed by atoms with Crippen LogP contribution in [0.1, 0.15) is 23.0 Å². The van der Waals surface area contributed by atoms with Gasteiger partial charge in [0.05, 0.1) is 0 Å². The summed E-state index contributed by atoms with van der Waals surface area (Å²) < 4.78 is 5.27. The Balaban J connectivity index is 1.61. The number of carbonyl (C=O) groups excluding carboxylic acids is 2. The fourth-order valence-electron chi connectivity index (χ4n) is 2.87. The van der Waals surface area contributed by atoms with Crippen LogP contribution in [0.4, 0.5) is 0 Å². The standard InChI is InChI=1S/C19H24N4O3/c1-13-4-6-15(7-5-13)17-12-16(21-26-17)18(24)20-14(2)19(25)23-10-8-22(3)9-11-23/h4-7,12,14H,8-11H2,1-3H3,(H,20,24)/t14-/m0/s1. The van der Waals surface area contributed by atoms with E-state index < -0.39 is 11.9 Å². The maximum absolute atomic E-state index is 12.5. The van der Waals surface area contributed by atoms with Crippen molar-refractivity contribution in [3.63, 3.8) is 0 Å². The Morgan fingerprint density at radius 1 is 1.15 bits per heavy atom.